The summed E-state index contributed by atoms with van der Waals surface area (Å²) in [6.07, 6.45) is 2.84. The first-order chi connectivity index (χ1) is 12.0. The minimum atomic E-state index is -0.610. The Bertz CT molecular complexity index is 975. The van der Waals surface area contributed by atoms with Gasteiger partial charge in [-0.05, 0) is 44.6 Å². The zero-order valence-corrected chi connectivity index (χ0v) is 15.4. The van der Waals surface area contributed by atoms with Crippen molar-refractivity contribution >= 4 is 33.1 Å². The largest absolute Gasteiger partial charge is 0.392 e. The van der Waals surface area contributed by atoms with E-state index in [1.807, 2.05) is 6.92 Å². The summed E-state index contributed by atoms with van der Waals surface area (Å²) in [5.41, 5.74) is 2.03. The van der Waals surface area contributed by atoms with Crippen LogP contribution in [0.3, 0.4) is 0 Å². The van der Waals surface area contributed by atoms with Crippen molar-refractivity contribution in [1.29, 1.82) is 0 Å². The van der Waals surface area contributed by atoms with Crippen LogP contribution in [0.5, 0.6) is 0 Å². The Labute approximate surface area is 149 Å². The second-order valence-corrected chi connectivity index (χ2v) is 7.88. The molecule has 0 aromatic carbocycles. The Morgan fingerprint density at radius 2 is 2.28 bits per heavy atom. The molecular weight excluding hydrogens is 338 g/mol. The number of nitrogens with one attached hydrogen (secondary N) is 1. The summed E-state index contributed by atoms with van der Waals surface area (Å²) >= 11 is 1.74. The molecule has 1 aliphatic rings. The molecule has 0 unspecified atom stereocenters. The molecular formula is C17H21N5O2S. The molecule has 4 rings (SSSR count). The van der Waals surface area contributed by atoms with E-state index in [2.05, 4.69) is 22.3 Å². The van der Waals surface area contributed by atoms with Crippen molar-refractivity contribution in [2.45, 2.75) is 52.1 Å². The van der Waals surface area contributed by atoms with E-state index in [0.717, 1.165) is 28.9 Å². The first-order valence-electron chi connectivity index (χ1n) is 8.60. The van der Waals surface area contributed by atoms with Crippen LogP contribution in [0.25, 0.3) is 15.9 Å². The fourth-order valence-corrected chi connectivity index (χ4v) is 4.88. The fraction of sp³-hybridized carbons (Fsp3) is 0.529. The van der Waals surface area contributed by atoms with Crippen molar-refractivity contribution in [3.8, 4) is 0 Å². The highest BCUT2D eigenvalue weighted by molar-refractivity contribution is 7.19. The Morgan fingerprint density at radius 3 is 3.04 bits per heavy atom. The molecule has 0 saturated heterocycles. The van der Waals surface area contributed by atoms with E-state index in [4.69, 9.17) is 4.98 Å². The number of amides is 1. The molecule has 0 spiro atoms. The SMILES string of the molecule is Cc1nc2sc3c(c2c2nc(C(=O)NC[C@H](C)O)nn12)[C@@H](C)CCC3. The lowest BCUT2D eigenvalue weighted by Gasteiger charge is -2.18. The zero-order valence-electron chi connectivity index (χ0n) is 14.5. The number of hydrogen-bond acceptors (Lipinski definition) is 6. The molecule has 25 heavy (non-hydrogen) atoms. The van der Waals surface area contributed by atoms with Crippen molar-refractivity contribution < 1.29 is 9.90 Å². The summed E-state index contributed by atoms with van der Waals surface area (Å²) in [7, 11) is 0. The van der Waals surface area contributed by atoms with E-state index >= 15 is 0 Å². The zero-order chi connectivity index (χ0) is 17.7. The third kappa shape index (κ3) is 2.69. The molecule has 8 heteroatoms. The minimum Gasteiger partial charge on any atom is -0.392 e. The number of hydrogen-bond donors (Lipinski definition) is 2. The molecule has 0 fully saturated rings. The molecule has 0 radical (unpaired) electrons. The first-order valence-corrected chi connectivity index (χ1v) is 9.42. The summed E-state index contributed by atoms with van der Waals surface area (Å²) in [6.45, 7) is 5.91. The van der Waals surface area contributed by atoms with E-state index in [1.165, 1.54) is 16.9 Å². The van der Waals surface area contributed by atoms with Crippen molar-refractivity contribution in [3.63, 3.8) is 0 Å². The number of carbonyl (C=O) groups excluding carboxylic acids is 1. The molecule has 1 amide bonds. The third-order valence-electron chi connectivity index (χ3n) is 4.70. The Balaban J connectivity index is 1.88. The quantitative estimate of drug-likeness (QED) is 0.748. The van der Waals surface area contributed by atoms with Crippen molar-refractivity contribution in [2.24, 2.45) is 0 Å². The summed E-state index contributed by atoms with van der Waals surface area (Å²) in [5.74, 6) is 0.918. The number of carbonyl (C=O) groups is 1. The number of aryl methyl sites for hydroxylation is 2. The van der Waals surface area contributed by atoms with Gasteiger partial charge in [0.05, 0.1) is 11.5 Å². The van der Waals surface area contributed by atoms with Crippen LogP contribution in [0.15, 0.2) is 0 Å². The van der Waals surface area contributed by atoms with Gasteiger partial charge in [-0.25, -0.2) is 9.97 Å². The molecule has 0 saturated carbocycles. The normalized spacial score (nSPS) is 18.5. The summed E-state index contributed by atoms with van der Waals surface area (Å²) in [4.78, 5) is 23.9. The van der Waals surface area contributed by atoms with Crippen LogP contribution >= 0.6 is 11.3 Å². The van der Waals surface area contributed by atoms with Crippen molar-refractivity contribution in [1.82, 2.24) is 24.9 Å². The highest BCUT2D eigenvalue weighted by Gasteiger charge is 2.26. The van der Waals surface area contributed by atoms with Crippen molar-refractivity contribution in [2.75, 3.05) is 6.54 Å². The Hall–Kier alpha value is -2.06. The smallest absolute Gasteiger partial charge is 0.291 e. The van der Waals surface area contributed by atoms with Gasteiger partial charge in [0, 0.05) is 11.4 Å². The monoisotopic (exact) mass is 359 g/mol. The topological polar surface area (TPSA) is 92.4 Å². The van der Waals surface area contributed by atoms with Gasteiger partial charge in [-0.1, -0.05) is 6.92 Å². The van der Waals surface area contributed by atoms with Gasteiger partial charge in [0.2, 0.25) is 5.82 Å². The van der Waals surface area contributed by atoms with Crippen LogP contribution < -0.4 is 5.32 Å². The molecule has 3 heterocycles. The lowest BCUT2D eigenvalue weighted by molar-refractivity contribution is 0.0914. The molecule has 3 aromatic heterocycles. The lowest BCUT2D eigenvalue weighted by Crippen LogP contribution is -2.31. The van der Waals surface area contributed by atoms with Crippen molar-refractivity contribution in [3.05, 3.63) is 22.1 Å². The number of fused-ring (bicyclic) bond motifs is 5. The average Bonchev–Trinajstić information content (AvgIpc) is 3.14. The Morgan fingerprint density at radius 1 is 1.48 bits per heavy atom. The van der Waals surface area contributed by atoms with Crippen LogP contribution in [-0.2, 0) is 6.42 Å². The van der Waals surface area contributed by atoms with Crippen LogP contribution in [0.2, 0.25) is 0 Å². The van der Waals surface area contributed by atoms with Crippen LogP contribution in [0.1, 0.15) is 59.5 Å². The van der Waals surface area contributed by atoms with Gasteiger partial charge in [-0.3, -0.25) is 4.79 Å². The minimum absolute atomic E-state index is 0.112. The number of rotatable bonds is 3. The number of thiophene rings is 1. The predicted molar refractivity (Wildman–Crippen MR) is 96.3 cm³/mol. The molecule has 1 aliphatic carbocycles. The van der Waals surface area contributed by atoms with Gasteiger partial charge < -0.3 is 10.4 Å². The second kappa shape index (κ2) is 6.03. The number of aliphatic hydroxyl groups excluding tert-OH is 1. The standard InChI is InChI=1S/C17H21N5O2S/c1-8-5-4-6-11-12(8)13-15-20-14(16(24)18-7-9(2)23)21-22(15)10(3)19-17(13)25-11/h8-9,23H,4-7H2,1-3H3,(H,18,24)/t8-,9-/m0/s1. The van der Waals surface area contributed by atoms with E-state index < -0.39 is 6.10 Å². The van der Waals surface area contributed by atoms with Gasteiger partial charge in [0.15, 0.2) is 5.65 Å². The molecule has 3 aromatic rings. The first kappa shape index (κ1) is 16.4. The van der Waals surface area contributed by atoms with E-state index in [1.54, 1.807) is 22.8 Å². The fourth-order valence-electron chi connectivity index (χ4n) is 3.50. The van der Waals surface area contributed by atoms with E-state index in [-0.39, 0.29) is 18.3 Å². The van der Waals surface area contributed by atoms with E-state index in [9.17, 15) is 9.90 Å². The lowest BCUT2D eigenvalue weighted by atomic mass is 9.87. The third-order valence-corrected chi connectivity index (χ3v) is 5.86. The highest BCUT2D eigenvalue weighted by atomic mass is 32.1. The van der Waals surface area contributed by atoms with Crippen LogP contribution in [0.4, 0.5) is 0 Å². The second-order valence-electron chi connectivity index (χ2n) is 6.80. The molecule has 0 bridgehead atoms. The van der Waals surface area contributed by atoms with Gasteiger partial charge in [-0.15, -0.1) is 16.4 Å². The summed E-state index contributed by atoms with van der Waals surface area (Å²) in [6, 6.07) is 0. The summed E-state index contributed by atoms with van der Waals surface area (Å²) < 4.78 is 1.66. The van der Waals surface area contributed by atoms with Gasteiger partial charge in [0.25, 0.3) is 5.91 Å². The van der Waals surface area contributed by atoms with Gasteiger partial charge >= 0.3 is 0 Å². The molecule has 2 atom stereocenters. The van der Waals surface area contributed by atoms with E-state index in [0.29, 0.717) is 11.6 Å². The maximum atomic E-state index is 12.3. The maximum absolute atomic E-state index is 12.3. The number of aromatic nitrogens is 4. The van der Waals surface area contributed by atoms with Crippen LogP contribution in [-0.4, -0.2) is 43.2 Å². The highest BCUT2D eigenvalue weighted by Crippen LogP contribution is 2.42. The van der Waals surface area contributed by atoms with Gasteiger partial charge in [-0.2, -0.15) is 4.52 Å². The number of nitrogens with zero attached hydrogens (tertiary/aromatic N) is 4. The summed E-state index contributed by atoms with van der Waals surface area (Å²) in [5, 5.41) is 17.4. The van der Waals surface area contributed by atoms with Crippen LogP contribution in [0, 0.1) is 6.92 Å². The predicted octanol–water partition coefficient (Wildman–Crippen LogP) is 2.20. The molecule has 2 N–H and O–H groups in total. The maximum Gasteiger partial charge on any atom is 0.291 e. The molecule has 132 valence electrons. The van der Waals surface area contributed by atoms with Gasteiger partial charge in [0.1, 0.15) is 10.7 Å². The molecule has 0 aliphatic heterocycles. The Kier molecular flexibility index (Phi) is 3.96. The molecule has 7 nitrogen and oxygen atoms in total. The number of aliphatic hydroxyl groups is 1. The average molecular weight is 359 g/mol.